The van der Waals surface area contributed by atoms with Crippen LogP contribution in [0.2, 0.25) is 0 Å². The molecule has 0 aromatic carbocycles. The van der Waals surface area contributed by atoms with E-state index in [1.54, 1.807) is 11.1 Å². The fourth-order valence-electron chi connectivity index (χ4n) is 3.66. The molecule has 0 unspecified atom stereocenters. The third kappa shape index (κ3) is 3.98. The first kappa shape index (κ1) is 21.3. The fourth-order valence-corrected chi connectivity index (χ4v) is 3.66. The van der Waals surface area contributed by atoms with Crippen LogP contribution < -0.4 is 16.1 Å². The lowest BCUT2D eigenvalue weighted by molar-refractivity contribution is -0.152. The number of nitrogens with zero attached hydrogens (tertiary/aromatic N) is 7. The van der Waals surface area contributed by atoms with E-state index >= 15 is 0 Å². The van der Waals surface area contributed by atoms with Crippen LogP contribution in [0.1, 0.15) is 0 Å². The van der Waals surface area contributed by atoms with Crippen LogP contribution in [0.3, 0.4) is 0 Å². The summed E-state index contributed by atoms with van der Waals surface area (Å²) in [5, 5.41) is 0. The lowest BCUT2D eigenvalue weighted by Gasteiger charge is -2.35. The van der Waals surface area contributed by atoms with Gasteiger partial charge >= 0.3 is 11.7 Å². The molecule has 3 aromatic heterocycles. The average molecular weight is 441 g/mol. The van der Waals surface area contributed by atoms with Crippen molar-refractivity contribution in [3.63, 3.8) is 0 Å². The fraction of sp³-hybridized carbons (Fsp3) is 0.400. The molecule has 0 saturated carbocycles. The summed E-state index contributed by atoms with van der Waals surface area (Å²) >= 11 is 0. The molecule has 3 aromatic rings. The second-order valence-corrected chi connectivity index (χ2v) is 7.47. The molecule has 32 heavy (non-hydrogen) atoms. The molecule has 4 rings (SSSR count). The number of carbonyl (C=O) groups is 2. The molecule has 1 aliphatic rings. The Labute approximate surface area is 182 Å². The van der Waals surface area contributed by atoms with Gasteiger partial charge in [0, 0.05) is 46.5 Å². The highest BCUT2D eigenvalue weighted by atomic mass is 16.5. The minimum Gasteiger partial charge on any atom is -0.454 e. The van der Waals surface area contributed by atoms with Crippen molar-refractivity contribution in [2.45, 2.75) is 6.54 Å². The summed E-state index contributed by atoms with van der Waals surface area (Å²) in [6.45, 7) is 1.60. The number of hydrogen-bond acceptors (Lipinski definition) is 8. The van der Waals surface area contributed by atoms with E-state index in [0.29, 0.717) is 26.2 Å². The van der Waals surface area contributed by atoms with Crippen molar-refractivity contribution >= 4 is 28.9 Å². The third-order valence-corrected chi connectivity index (χ3v) is 5.48. The summed E-state index contributed by atoms with van der Waals surface area (Å²) in [5.41, 5.74) is -0.782. The number of aryl methyl sites for hydroxylation is 1. The van der Waals surface area contributed by atoms with Gasteiger partial charge in [0.25, 0.3) is 11.5 Å². The van der Waals surface area contributed by atoms with Crippen LogP contribution in [0, 0.1) is 0 Å². The van der Waals surface area contributed by atoms with Gasteiger partial charge in [-0.05, 0) is 12.1 Å². The van der Waals surface area contributed by atoms with Gasteiger partial charge in [0.2, 0.25) is 0 Å². The van der Waals surface area contributed by atoms with Crippen LogP contribution in [0.4, 0.5) is 5.82 Å². The number of anilines is 1. The molecule has 4 heterocycles. The van der Waals surface area contributed by atoms with Crippen LogP contribution >= 0.6 is 0 Å². The number of hydrogen-bond donors (Lipinski definition) is 0. The Kier molecular flexibility index (Phi) is 5.75. The number of rotatable bonds is 5. The van der Waals surface area contributed by atoms with Gasteiger partial charge in [-0.15, -0.1) is 0 Å². The molecule has 0 bridgehead atoms. The first-order chi connectivity index (χ1) is 15.4. The van der Waals surface area contributed by atoms with Crippen molar-refractivity contribution in [2.75, 3.05) is 37.7 Å². The lowest BCUT2D eigenvalue weighted by atomic mass is 10.3. The number of piperazine rings is 1. The molecular formula is C20H23N7O5. The van der Waals surface area contributed by atoms with Gasteiger partial charge in [0.15, 0.2) is 17.8 Å². The molecule has 1 saturated heterocycles. The maximum absolute atomic E-state index is 12.4. The molecule has 0 N–H and O–H groups in total. The zero-order valence-corrected chi connectivity index (χ0v) is 17.8. The Morgan fingerprint density at radius 2 is 1.78 bits per heavy atom. The van der Waals surface area contributed by atoms with Gasteiger partial charge in [-0.3, -0.25) is 23.5 Å². The normalized spacial score (nSPS) is 14.1. The standard InChI is InChI=1S/C20H23N7O5/c1-23-18-17(19(30)24(2)20(23)31)27(13-22-18)11-16(29)32-12-15(28)26-9-7-25(8-10-26)14-5-3-4-6-21-14/h3-6,13H,7-12H2,1-2H3. The van der Waals surface area contributed by atoms with Gasteiger partial charge in [-0.25, -0.2) is 14.8 Å². The quantitative estimate of drug-likeness (QED) is 0.449. The Balaban J connectivity index is 1.33. The number of esters is 1. The van der Waals surface area contributed by atoms with E-state index in [9.17, 15) is 19.2 Å². The van der Waals surface area contributed by atoms with Crippen molar-refractivity contribution in [3.05, 3.63) is 51.6 Å². The Morgan fingerprint density at radius 3 is 2.47 bits per heavy atom. The van der Waals surface area contributed by atoms with Crippen LogP contribution in [0.15, 0.2) is 40.3 Å². The third-order valence-electron chi connectivity index (χ3n) is 5.48. The predicted molar refractivity (Wildman–Crippen MR) is 114 cm³/mol. The average Bonchev–Trinajstić information content (AvgIpc) is 3.24. The van der Waals surface area contributed by atoms with Crippen molar-refractivity contribution in [2.24, 2.45) is 14.1 Å². The number of fused-ring (bicyclic) bond motifs is 1. The predicted octanol–water partition coefficient (Wildman–Crippen LogP) is -1.28. The van der Waals surface area contributed by atoms with Crippen LogP contribution in [-0.4, -0.2) is 73.2 Å². The maximum atomic E-state index is 12.4. The molecule has 0 spiro atoms. The highest BCUT2D eigenvalue weighted by Gasteiger charge is 2.23. The lowest BCUT2D eigenvalue weighted by Crippen LogP contribution is -2.50. The smallest absolute Gasteiger partial charge is 0.332 e. The van der Waals surface area contributed by atoms with Gasteiger partial charge in [-0.2, -0.15) is 0 Å². The number of amides is 1. The molecule has 12 nitrogen and oxygen atoms in total. The van der Waals surface area contributed by atoms with Crippen molar-refractivity contribution in [1.29, 1.82) is 0 Å². The molecule has 1 aliphatic heterocycles. The molecular weight excluding hydrogens is 418 g/mol. The molecule has 1 fully saturated rings. The minimum absolute atomic E-state index is 0.114. The Hall–Kier alpha value is -3.96. The molecule has 168 valence electrons. The summed E-state index contributed by atoms with van der Waals surface area (Å²) in [7, 11) is 2.85. The number of aromatic nitrogens is 5. The van der Waals surface area contributed by atoms with Gasteiger partial charge < -0.3 is 19.1 Å². The van der Waals surface area contributed by atoms with Crippen molar-refractivity contribution in [3.8, 4) is 0 Å². The van der Waals surface area contributed by atoms with Gasteiger partial charge in [0.05, 0.1) is 6.33 Å². The number of carbonyl (C=O) groups excluding carboxylic acids is 2. The van der Waals surface area contributed by atoms with E-state index in [0.717, 1.165) is 10.4 Å². The largest absolute Gasteiger partial charge is 0.454 e. The first-order valence-electron chi connectivity index (χ1n) is 10.1. The summed E-state index contributed by atoms with van der Waals surface area (Å²) < 4.78 is 8.62. The molecule has 1 amide bonds. The van der Waals surface area contributed by atoms with Crippen molar-refractivity contribution in [1.82, 2.24) is 28.6 Å². The number of ether oxygens (including phenoxy) is 1. The molecule has 0 radical (unpaired) electrons. The second-order valence-electron chi connectivity index (χ2n) is 7.47. The number of pyridine rings is 1. The highest BCUT2D eigenvalue weighted by molar-refractivity contribution is 5.81. The van der Waals surface area contributed by atoms with E-state index in [2.05, 4.69) is 14.9 Å². The van der Waals surface area contributed by atoms with Crippen LogP contribution in [0.25, 0.3) is 11.2 Å². The van der Waals surface area contributed by atoms with Gasteiger partial charge in [0.1, 0.15) is 12.4 Å². The van der Waals surface area contributed by atoms with E-state index in [1.807, 2.05) is 18.2 Å². The topological polar surface area (TPSA) is 125 Å². The van der Waals surface area contributed by atoms with E-state index in [-0.39, 0.29) is 30.2 Å². The zero-order chi connectivity index (χ0) is 22.8. The summed E-state index contributed by atoms with van der Waals surface area (Å²) in [6, 6.07) is 5.69. The minimum atomic E-state index is -0.680. The molecule has 12 heteroatoms. The Morgan fingerprint density at radius 1 is 1.03 bits per heavy atom. The maximum Gasteiger partial charge on any atom is 0.332 e. The molecule has 0 atom stereocenters. The van der Waals surface area contributed by atoms with E-state index < -0.39 is 17.2 Å². The number of imidazole rings is 1. The first-order valence-corrected chi connectivity index (χ1v) is 10.1. The van der Waals surface area contributed by atoms with Gasteiger partial charge in [-0.1, -0.05) is 6.07 Å². The van der Waals surface area contributed by atoms with Crippen molar-refractivity contribution < 1.29 is 14.3 Å². The monoisotopic (exact) mass is 441 g/mol. The zero-order valence-electron chi connectivity index (χ0n) is 17.8. The van der Waals surface area contributed by atoms with Crippen LogP contribution in [-0.2, 0) is 35.0 Å². The summed E-state index contributed by atoms with van der Waals surface area (Å²) in [5.74, 6) is -0.101. The van der Waals surface area contributed by atoms with Crippen LogP contribution in [0.5, 0.6) is 0 Å². The SMILES string of the molecule is Cn1c(=O)c2c(ncn2CC(=O)OCC(=O)N2CCN(c3ccccn3)CC2)n(C)c1=O. The molecule has 0 aliphatic carbocycles. The second kappa shape index (κ2) is 8.65. The Bertz CT molecular complexity index is 1270. The summed E-state index contributed by atoms with van der Waals surface area (Å²) in [4.78, 5) is 61.3. The van der Waals surface area contributed by atoms with E-state index in [4.69, 9.17) is 4.74 Å². The highest BCUT2D eigenvalue weighted by Crippen LogP contribution is 2.12. The van der Waals surface area contributed by atoms with E-state index in [1.165, 1.54) is 29.6 Å². The summed E-state index contributed by atoms with van der Waals surface area (Å²) in [6.07, 6.45) is 3.02.